The van der Waals surface area contributed by atoms with Crippen molar-refractivity contribution in [2.24, 2.45) is 0 Å². The quantitative estimate of drug-likeness (QED) is 0.411. The van der Waals surface area contributed by atoms with Gasteiger partial charge in [-0.3, -0.25) is 0 Å². The minimum absolute atomic E-state index is 1.02. The molecule has 0 N–H and O–H groups in total. The molecule has 0 aromatic carbocycles. The average molecular weight is 168 g/mol. The van der Waals surface area contributed by atoms with E-state index in [-0.39, 0.29) is 0 Å². The van der Waals surface area contributed by atoms with Gasteiger partial charge in [-0.05, 0) is 6.92 Å². The third-order valence-electron chi connectivity index (χ3n) is 1.56. The zero-order valence-corrected chi connectivity index (χ0v) is 9.03. The number of allylic oxidation sites excluding steroid dienone is 2. The van der Waals surface area contributed by atoms with Crippen molar-refractivity contribution >= 4 is 0 Å². The highest BCUT2D eigenvalue weighted by atomic mass is 13.9. The van der Waals surface area contributed by atoms with E-state index in [1.165, 1.54) is 32.1 Å². The van der Waals surface area contributed by atoms with Gasteiger partial charge in [-0.1, -0.05) is 70.8 Å². The van der Waals surface area contributed by atoms with Crippen LogP contribution in [0, 0.1) is 0 Å². The summed E-state index contributed by atoms with van der Waals surface area (Å²) in [6, 6.07) is 0. The topological polar surface area (TPSA) is 0 Å². The average Bonchev–Trinajstić information content (AvgIpc) is 2.07. The molecular weight excluding hydrogens is 144 g/mol. The molecule has 0 aliphatic rings. The molecule has 0 aromatic rings. The molecule has 0 heterocycles. The van der Waals surface area contributed by atoms with Gasteiger partial charge in [-0.2, -0.15) is 0 Å². The molecule has 0 unspecified atom stereocenters. The molecule has 0 amide bonds. The smallest absolute Gasteiger partial charge is 0.0404 e. The lowest BCUT2D eigenvalue weighted by atomic mass is 10.2. The van der Waals surface area contributed by atoms with Gasteiger partial charge in [0.2, 0.25) is 0 Å². The predicted molar refractivity (Wildman–Crippen MR) is 59.4 cm³/mol. The maximum absolute atomic E-state index is 3.56. The summed E-state index contributed by atoms with van der Waals surface area (Å²) in [7, 11) is 0. The van der Waals surface area contributed by atoms with Crippen molar-refractivity contribution in [1.29, 1.82) is 0 Å². The summed E-state index contributed by atoms with van der Waals surface area (Å²) >= 11 is 0. The van der Waals surface area contributed by atoms with Crippen LogP contribution in [-0.2, 0) is 0 Å². The van der Waals surface area contributed by atoms with Crippen LogP contribution in [0.3, 0.4) is 0 Å². The summed E-state index contributed by atoms with van der Waals surface area (Å²) in [5.41, 5.74) is 1.02. The first-order valence-corrected chi connectivity index (χ1v) is 4.96. The maximum atomic E-state index is 3.56. The molecule has 0 fully saturated rings. The van der Waals surface area contributed by atoms with Crippen molar-refractivity contribution in [2.45, 2.75) is 52.9 Å². The summed E-state index contributed by atoms with van der Waals surface area (Å²) in [4.78, 5) is 0. The summed E-state index contributed by atoms with van der Waals surface area (Å²) < 4.78 is 0. The van der Waals surface area contributed by atoms with E-state index in [0.29, 0.717) is 0 Å². The van der Waals surface area contributed by atoms with Gasteiger partial charge in [-0.15, -0.1) is 0 Å². The Balaban J connectivity index is 0. The van der Waals surface area contributed by atoms with E-state index in [0.717, 1.165) is 5.57 Å². The molecule has 12 heavy (non-hydrogen) atoms. The van der Waals surface area contributed by atoms with E-state index in [9.17, 15) is 0 Å². The minimum atomic E-state index is 1.02. The van der Waals surface area contributed by atoms with Crippen LogP contribution in [0.2, 0.25) is 0 Å². The van der Waals surface area contributed by atoms with Crippen LogP contribution in [0.25, 0.3) is 0 Å². The van der Waals surface area contributed by atoms with Gasteiger partial charge < -0.3 is 0 Å². The Bertz CT molecular complexity index is 96.6. The molecule has 0 bridgehead atoms. The molecular formula is C12H24. The number of hydrogen-bond acceptors (Lipinski definition) is 0. The Morgan fingerprint density at radius 2 is 1.42 bits per heavy atom. The van der Waals surface area contributed by atoms with Gasteiger partial charge in [0, 0.05) is 0 Å². The normalized spacial score (nSPS) is 8.25. The Labute approximate surface area is 78.4 Å². The van der Waals surface area contributed by atoms with Gasteiger partial charge >= 0.3 is 0 Å². The van der Waals surface area contributed by atoms with Gasteiger partial charge in [0.05, 0.1) is 0 Å². The van der Waals surface area contributed by atoms with Crippen LogP contribution in [0.4, 0.5) is 0 Å². The second kappa shape index (κ2) is 13.1. The lowest BCUT2D eigenvalue weighted by Crippen LogP contribution is -1.70. The fourth-order valence-corrected chi connectivity index (χ4v) is 0.677. The van der Waals surface area contributed by atoms with Crippen LogP contribution in [0.5, 0.6) is 0 Å². The summed E-state index contributed by atoms with van der Waals surface area (Å²) in [5.74, 6) is 0. The Morgan fingerprint density at radius 3 is 1.58 bits per heavy atom. The minimum Gasteiger partial charge on any atom is -0.0988 e. The third kappa shape index (κ3) is 22.7. The van der Waals surface area contributed by atoms with Crippen molar-refractivity contribution in [3.63, 3.8) is 0 Å². The van der Waals surface area contributed by atoms with Gasteiger partial charge in [0.1, 0.15) is 0 Å². The Kier molecular flexibility index (Phi) is 15.3. The predicted octanol–water partition coefficient (Wildman–Crippen LogP) is 4.73. The monoisotopic (exact) mass is 168 g/mol. The van der Waals surface area contributed by atoms with Crippen LogP contribution in [0.15, 0.2) is 24.8 Å². The molecule has 0 aliphatic carbocycles. The highest BCUT2D eigenvalue weighted by molar-refractivity contribution is 5.05. The molecule has 0 heteroatoms. The number of rotatable bonds is 5. The van der Waals surface area contributed by atoms with Gasteiger partial charge in [-0.25, -0.2) is 0 Å². The molecule has 0 radical (unpaired) electrons. The molecule has 0 nitrogen and oxygen atoms in total. The first kappa shape index (κ1) is 14.0. The Hall–Kier alpha value is -0.520. The maximum Gasteiger partial charge on any atom is -0.0404 e. The highest BCUT2D eigenvalue weighted by Crippen LogP contribution is 2.00. The zero-order valence-electron chi connectivity index (χ0n) is 9.03. The molecule has 0 saturated carbocycles. The molecule has 0 spiro atoms. The van der Waals surface area contributed by atoms with E-state index >= 15 is 0 Å². The lowest BCUT2D eigenvalue weighted by Gasteiger charge is -1.90. The molecule has 0 atom stereocenters. The number of unbranched alkanes of at least 4 members (excludes halogenated alkanes) is 4. The second-order valence-corrected chi connectivity index (χ2v) is 3.11. The molecule has 0 aliphatic heterocycles. The van der Waals surface area contributed by atoms with Crippen molar-refractivity contribution in [3.8, 4) is 0 Å². The highest BCUT2D eigenvalue weighted by Gasteiger charge is 1.80. The van der Waals surface area contributed by atoms with Crippen molar-refractivity contribution in [2.75, 3.05) is 0 Å². The van der Waals surface area contributed by atoms with Gasteiger partial charge in [0.15, 0.2) is 0 Å². The lowest BCUT2D eigenvalue weighted by molar-refractivity contribution is 0.656. The zero-order chi connectivity index (χ0) is 9.82. The third-order valence-corrected chi connectivity index (χ3v) is 1.56. The van der Waals surface area contributed by atoms with Gasteiger partial charge in [0.25, 0.3) is 0 Å². The molecule has 72 valence electrons. The fourth-order valence-electron chi connectivity index (χ4n) is 0.677. The first-order chi connectivity index (χ1) is 5.68. The SMILES string of the molecule is C=CC(=C)C.CCCCCCC. The molecule has 0 aromatic heterocycles. The van der Waals surface area contributed by atoms with E-state index in [1.54, 1.807) is 6.08 Å². The van der Waals surface area contributed by atoms with E-state index < -0.39 is 0 Å². The summed E-state index contributed by atoms with van der Waals surface area (Å²) in [6.07, 6.45) is 8.73. The van der Waals surface area contributed by atoms with E-state index in [1.807, 2.05) is 6.92 Å². The van der Waals surface area contributed by atoms with Crippen molar-refractivity contribution < 1.29 is 0 Å². The van der Waals surface area contributed by atoms with Crippen molar-refractivity contribution in [3.05, 3.63) is 24.8 Å². The second-order valence-electron chi connectivity index (χ2n) is 3.11. The van der Waals surface area contributed by atoms with Crippen LogP contribution >= 0.6 is 0 Å². The van der Waals surface area contributed by atoms with E-state index in [4.69, 9.17) is 0 Å². The molecule has 0 rings (SSSR count). The largest absolute Gasteiger partial charge is 0.0988 e. The van der Waals surface area contributed by atoms with Crippen LogP contribution in [0.1, 0.15) is 52.9 Å². The fraction of sp³-hybridized carbons (Fsp3) is 0.667. The summed E-state index contributed by atoms with van der Waals surface area (Å²) in [5, 5.41) is 0. The number of hydrogen-bond donors (Lipinski definition) is 0. The molecule has 0 saturated heterocycles. The standard InChI is InChI=1S/C7H16.C5H8/c1-3-5-7-6-4-2;1-4-5(2)3/h3-7H2,1-2H3;4H,1-2H2,3H3. The van der Waals surface area contributed by atoms with Crippen molar-refractivity contribution in [1.82, 2.24) is 0 Å². The van der Waals surface area contributed by atoms with Crippen LogP contribution in [-0.4, -0.2) is 0 Å². The summed E-state index contributed by atoms with van der Waals surface area (Å²) in [6.45, 7) is 13.4. The van der Waals surface area contributed by atoms with Crippen LogP contribution < -0.4 is 0 Å². The first-order valence-electron chi connectivity index (χ1n) is 4.96. The Morgan fingerprint density at radius 1 is 1.08 bits per heavy atom. The van der Waals surface area contributed by atoms with E-state index in [2.05, 4.69) is 27.0 Å².